The Hall–Kier alpha value is -4.40. The number of likely N-dealkylation sites (N-methyl/N-ethyl adjacent to an activating group) is 1. The Morgan fingerprint density at radius 1 is 0.711 bits per heavy atom. The highest BCUT2D eigenvalue weighted by Crippen LogP contribution is 2.51. The third-order valence-corrected chi connectivity index (χ3v) is 9.40. The zero-order valence-corrected chi connectivity index (χ0v) is 26.6. The van der Waals surface area contributed by atoms with Crippen molar-refractivity contribution in [3.63, 3.8) is 0 Å². The second kappa shape index (κ2) is 12.2. The second-order valence-electron chi connectivity index (χ2n) is 12.0. The lowest BCUT2D eigenvalue weighted by molar-refractivity contribution is 0.221. The second-order valence-corrected chi connectivity index (χ2v) is 12.0. The Labute approximate surface area is 264 Å². The number of fused-ring (bicyclic) bond motifs is 2. The van der Waals surface area contributed by atoms with Crippen molar-refractivity contribution in [2.45, 2.75) is 37.8 Å². The molecule has 4 aliphatic rings. The Morgan fingerprint density at radius 2 is 1.44 bits per heavy atom. The largest absolute Gasteiger partial charge is 0.493 e. The molecule has 0 amide bonds. The summed E-state index contributed by atoms with van der Waals surface area (Å²) < 4.78 is 36.9. The van der Waals surface area contributed by atoms with Gasteiger partial charge in [-0.05, 0) is 110 Å². The van der Waals surface area contributed by atoms with Crippen molar-refractivity contribution >= 4 is 0 Å². The summed E-state index contributed by atoms with van der Waals surface area (Å²) in [6.07, 6.45) is 3.32. The molecule has 4 aliphatic heterocycles. The molecule has 2 atom stereocenters. The third kappa shape index (κ3) is 5.42. The van der Waals surface area contributed by atoms with Gasteiger partial charge in [-0.25, -0.2) is 0 Å². The van der Waals surface area contributed by atoms with Gasteiger partial charge >= 0.3 is 0 Å². The van der Waals surface area contributed by atoms with E-state index in [-0.39, 0.29) is 12.1 Å². The highest BCUT2D eigenvalue weighted by molar-refractivity contribution is 5.63. The normalized spacial score (nSPS) is 18.9. The molecule has 8 rings (SSSR count). The summed E-state index contributed by atoms with van der Waals surface area (Å²) in [5, 5.41) is 3.74. The van der Waals surface area contributed by atoms with Gasteiger partial charge in [0, 0.05) is 24.2 Å². The maximum atomic E-state index is 6.98. The molecule has 4 heterocycles. The van der Waals surface area contributed by atoms with Crippen LogP contribution in [0, 0.1) is 0 Å². The smallest absolute Gasteiger partial charge is 0.204 e. The van der Waals surface area contributed by atoms with Crippen molar-refractivity contribution < 1.29 is 28.4 Å². The van der Waals surface area contributed by atoms with Gasteiger partial charge in [-0.2, -0.15) is 0 Å². The molecule has 0 aliphatic carbocycles. The summed E-state index contributed by atoms with van der Waals surface area (Å²) >= 11 is 0. The Kier molecular flexibility index (Phi) is 7.94. The van der Waals surface area contributed by atoms with Gasteiger partial charge < -0.3 is 33.7 Å². The first-order chi connectivity index (χ1) is 22.0. The van der Waals surface area contributed by atoms with Gasteiger partial charge in [-0.1, -0.05) is 18.2 Å². The number of hydrogen-bond acceptors (Lipinski definition) is 8. The molecule has 8 heteroatoms. The van der Waals surface area contributed by atoms with Crippen LogP contribution in [0.1, 0.15) is 45.5 Å². The molecule has 6 bridgehead atoms. The Balaban J connectivity index is 1.44. The van der Waals surface area contributed by atoms with Crippen LogP contribution in [0.3, 0.4) is 0 Å². The minimum Gasteiger partial charge on any atom is -0.493 e. The van der Waals surface area contributed by atoms with Crippen molar-refractivity contribution in [3.8, 4) is 46.0 Å². The molecule has 0 radical (unpaired) electrons. The molecule has 45 heavy (non-hydrogen) atoms. The van der Waals surface area contributed by atoms with Crippen LogP contribution in [0.4, 0.5) is 0 Å². The summed E-state index contributed by atoms with van der Waals surface area (Å²) in [7, 11) is 8.89. The summed E-state index contributed by atoms with van der Waals surface area (Å²) in [5.74, 6) is 5.41. The first kappa shape index (κ1) is 29.3. The standard InChI is InChI=1S/C37H40N2O6/c1-39-15-13-25-20-34(42-4)36(43-5)37-35(25)29(39)17-22-6-9-26(10-7-22)44-32-18-23(8-11-30(32)40-2)16-28-27-21-33(45-37)31(41-3)19-24(27)12-14-38-28/h6-11,18-21,28-29,38H,12-17H2,1-5H3/t28-,29+/m1/s1. The first-order valence-corrected chi connectivity index (χ1v) is 15.5. The minimum absolute atomic E-state index is 0.0454. The SMILES string of the molecule is COc1ccc2cc1Oc1ccc(cc1)C[C@H]1c3c(cc(OC)c(OC)c3Oc3cc4c(cc3OC)CCN[C@@H]4C2)CCN1C. The number of nitrogens with one attached hydrogen (secondary N) is 1. The predicted octanol–water partition coefficient (Wildman–Crippen LogP) is 6.82. The van der Waals surface area contributed by atoms with Crippen LogP contribution in [0.15, 0.2) is 60.7 Å². The van der Waals surface area contributed by atoms with Crippen LogP contribution >= 0.6 is 0 Å². The molecule has 0 saturated heterocycles. The van der Waals surface area contributed by atoms with E-state index in [9.17, 15) is 0 Å². The van der Waals surface area contributed by atoms with Gasteiger partial charge in [0.25, 0.3) is 0 Å². The molecule has 0 spiro atoms. The van der Waals surface area contributed by atoms with Crippen molar-refractivity contribution in [1.82, 2.24) is 10.2 Å². The molecule has 4 aromatic rings. The van der Waals surface area contributed by atoms with Gasteiger partial charge in [0.2, 0.25) is 5.75 Å². The van der Waals surface area contributed by atoms with E-state index in [0.717, 1.165) is 55.6 Å². The maximum Gasteiger partial charge on any atom is 0.204 e. The number of nitrogens with zero attached hydrogens (tertiary/aromatic N) is 1. The van der Waals surface area contributed by atoms with E-state index in [1.165, 1.54) is 22.3 Å². The average Bonchev–Trinajstić information content (AvgIpc) is 3.06. The Morgan fingerprint density at radius 3 is 2.20 bits per heavy atom. The quantitative estimate of drug-likeness (QED) is 0.271. The van der Waals surface area contributed by atoms with E-state index in [2.05, 4.69) is 59.7 Å². The first-order valence-electron chi connectivity index (χ1n) is 15.5. The van der Waals surface area contributed by atoms with E-state index >= 15 is 0 Å². The molecule has 0 fully saturated rings. The Bertz CT molecular complexity index is 1720. The van der Waals surface area contributed by atoms with Gasteiger partial charge in [-0.15, -0.1) is 0 Å². The van der Waals surface area contributed by atoms with Crippen LogP contribution in [0.25, 0.3) is 0 Å². The zero-order valence-electron chi connectivity index (χ0n) is 26.6. The van der Waals surface area contributed by atoms with Gasteiger partial charge in [0.05, 0.1) is 28.4 Å². The monoisotopic (exact) mass is 608 g/mol. The van der Waals surface area contributed by atoms with Crippen LogP contribution in [0.2, 0.25) is 0 Å². The lowest BCUT2D eigenvalue weighted by Crippen LogP contribution is -2.34. The molecular formula is C37H40N2O6. The molecule has 0 aromatic heterocycles. The van der Waals surface area contributed by atoms with Crippen LogP contribution in [-0.2, 0) is 25.7 Å². The average molecular weight is 609 g/mol. The van der Waals surface area contributed by atoms with E-state index in [1.807, 2.05) is 18.2 Å². The number of benzene rings is 4. The zero-order chi connectivity index (χ0) is 31.1. The third-order valence-electron chi connectivity index (χ3n) is 9.40. The number of methoxy groups -OCH3 is 4. The summed E-state index contributed by atoms with van der Waals surface area (Å²) in [6.45, 7) is 1.79. The lowest BCUT2D eigenvalue weighted by Gasteiger charge is -2.37. The fraction of sp³-hybridized carbons (Fsp3) is 0.351. The fourth-order valence-corrected chi connectivity index (χ4v) is 7.02. The predicted molar refractivity (Wildman–Crippen MR) is 173 cm³/mol. The fourth-order valence-electron chi connectivity index (χ4n) is 7.02. The lowest BCUT2D eigenvalue weighted by atomic mass is 9.87. The van der Waals surface area contributed by atoms with Crippen molar-refractivity contribution in [3.05, 3.63) is 94.0 Å². The highest BCUT2D eigenvalue weighted by atomic mass is 16.5. The number of ether oxygens (including phenoxy) is 6. The van der Waals surface area contributed by atoms with Crippen LogP contribution in [-0.4, -0.2) is 53.5 Å². The van der Waals surface area contributed by atoms with Crippen LogP contribution < -0.4 is 33.7 Å². The number of hydrogen-bond donors (Lipinski definition) is 1. The minimum atomic E-state index is 0.0454. The van der Waals surface area contributed by atoms with Gasteiger partial charge in [0.1, 0.15) is 5.75 Å². The van der Waals surface area contributed by atoms with E-state index in [4.69, 9.17) is 28.4 Å². The molecule has 8 nitrogen and oxygen atoms in total. The summed E-state index contributed by atoms with van der Waals surface area (Å²) in [4.78, 5) is 2.39. The van der Waals surface area contributed by atoms with Crippen molar-refractivity contribution in [1.29, 1.82) is 0 Å². The summed E-state index contributed by atoms with van der Waals surface area (Å²) in [5.41, 5.74) is 7.07. The molecule has 4 aromatic carbocycles. The maximum absolute atomic E-state index is 6.98. The highest BCUT2D eigenvalue weighted by Gasteiger charge is 2.34. The van der Waals surface area contributed by atoms with Gasteiger partial charge in [-0.3, -0.25) is 4.90 Å². The molecule has 1 N–H and O–H groups in total. The van der Waals surface area contributed by atoms with Crippen molar-refractivity contribution in [2.24, 2.45) is 0 Å². The molecule has 0 saturated carbocycles. The summed E-state index contributed by atoms with van der Waals surface area (Å²) in [6, 6.07) is 21.0. The number of rotatable bonds is 4. The van der Waals surface area contributed by atoms with Crippen molar-refractivity contribution in [2.75, 3.05) is 48.6 Å². The molecule has 0 unspecified atom stereocenters. The van der Waals surface area contributed by atoms with Gasteiger partial charge in [0.15, 0.2) is 34.5 Å². The van der Waals surface area contributed by atoms with E-state index < -0.39 is 0 Å². The molecular weight excluding hydrogens is 568 g/mol. The van der Waals surface area contributed by atoms with E-state index in [0.29, 0.717) is 40.2 Å². The van der Waals surface area contributed by atoms with Crippen LogP contribution in [0.5, 0.6) is 46.0 Å². The van der Waals surface area contributed by atoms with E-state index in [1.54, 1.807) is 28.4 Å². The topological polar surface area (TPSA) is 70.7 Å². The molecule has 234 valence electrons.